The number of nitrogens with one attached hydrogen (secondary N) is 1. The van der Waals surface area contributed by atoms with Crippen LogP contribution in [0.25, 0.3) is 0 Å². The third-order valence-corrected chi connectivity index (χ3v) is 3.76. The smallest absolute Gasteiger partial charge is 0.189 e. The number of hydrogen-bond acceptors (Lipinski definition) is 2. The number of halogens is 1. The molecule has 1 aliphatic rings. The van der Waals surface area contributed by atoms with Crippen molar-refractivity contribution in [2.75, 3.05) is 6.61 Å². The fourth-order valence-electron chi connectivity index (χ4n) is 2.63. The third kappa shape index (κ3) is 6.85. The quantitative estimate of drug-likeness (QED) is 0.420. The average molecular weight is 417 g/mol. The van der Waals surface area contributed by atoms with Crippen molar-refractivity contribution in [2.24, 2.45) is 10.7 Å². The van der Waals surface area contributed by atoms with E-state index in [2.05, 4.69) is 23.3 Å². The summed E-state index contributed by atoms with van der Waals surface area (Å²) < 4.78 is 5.63. The van der Waals surface area contributed by atoms with E-state index in [1.165, 1.54) is 32.1 Å². The molecule has 22 heavy (non-hydrogen) atoms. The molecule has 0 bridgehead atoms. The van der Waals surface area contributed by atoms with Gasteiger partial charge in [0.05, 0.1) is 13.2 Å². The topological polar surface area (TPSA) is 59.6 Å². The molecule has 1 saturated carbocycles. The lowest BCUT2D eigenvalue weighted by atomic mass is 9.96. The highest BCUT2D eigenvalue weighted by Gasteiger charge is 2.13. The lowest BCUT2D eigenvalue weighted by molar-refractivity contribution is 0.317. The highest BCUT2D eigenvalue weighted by Crippen LogP contribution is 2.17. The van der Waals surface area contributed by atoms with Gasteiger partial charge in [-0.3, -0.25) is 0 Å². The van der Waals surface area contributed by atoms with Gasteiger partial charge in [-0.1, -0.05) is 38.3 Å². The van der Waals surface area contributed by atoms with Gasteiger partial charge in [0.2, 0.25) is 0 Å². The summed E-state index contributed by atoms with van der Waals surface area (Å²) in [5.74, 6) is 1.46. The van der Waals surface area contributed by atoms with E-state index >= 15 is 0 Å². The van der Waals surface area contributed by atoms with E-state index in [1.54, 1.807) is 0 Å². The summed E-state index contributed by atoms with van der Waals surface area (Å²) in [6, 6.07) is 8.57. The number of nitrogens with two attached hydrogens (primary N) is 1. The van der Waals surface area contributed by atoms with Crippen LogP contribution in [0.15, 0.2) is 29.3 Å². The first-order chi connectivity index (χ1) is 10.3. The first-order valence-corrected chi connectivity index (χ1v) is 8.06. The van der Waals surface area contributed by atoms with Gasteiger partial charge < -0.3 is 15.8 Å². The summed E-state index contributed by atoms with van der Waals surface area (Å²) in [4.78, 5) is 4.44. The van der Waals surface area contributed by atoms with E-state index in [0.717, 1.165) is 24.3 Å². The maximum atomic E-state index is 5.98. The SMILES string of the molecule is CCCOc1cccc(CN=C(N)NC2CCCCC2)c1.I. The van der Waals surface area contributed by atoms with Crippen LogP contribution in [-0.2, 0) is 6.54 Å². The Bertz CT molecular complexity index is 459. The molecule has 0 saturated heterocycles. The van der Waals surface area contributed by atoms with Crippen LogP contribution < -0.4 is 15.8 Å². The summed E-state index contributed by atoms with van der Waals surface area (Å²) in [5, 5.41) is 3.33. The van der Waals surface area contributed by atoms with Gasteiger partial charge in [-0.05, 0) is 37.0 Å². The molecule has 0 unspecified atom stereocenters. The fraction of sp³-hybridized carbons (Fsp3) is 0.588. The Morgan fingerprint density at radius 1 is 1.32 bits per heavy atom. The lowest BCUT2D eigenvalue weighted by Crippen LogP contribution is -2.41. The van der Waals surface area contributed by atoms with Crippen molar-refractivity contribution in [3.8, 4) is 5.75 Å². The zero-order valence-electron chi connectivity index (χ0n) is 13.4. The van der Waals surface area contributed by atoms with Crippen LogP contribution in [0.5, 0.6) is 5.75 Å². The molecule has 0 amide bonds. The first-order valence-electron chi connectivity index (χ1n) is 8.06. The molecule has 0 atom stereocenters. The van der Waals surface area contributed by atoms with Crippen molar-refractivity contribution >= 4 is 29.9 Å². The molecule has 0 aliphatic heterocycles. The highest BCUT2D eigenvalue weighted by molar-refractivity contribution is 14.0. The van der Waals surface area contributed by atoms with Crippen LogP contribution >= 0.6 is 24.0 Å². The van der Waals surface area contributed by atoms with Crippen molar-refractivity contribution < 1.29 is 4.74 Å². The summed E-state index contributed by atoms with van der Waals surface area (Å²) in [5.41, 5.74) is 7.10. The van der Waals surface area contributed by atoms with Gasteiger partial charge in [0.1, 0.15) is 5.75 Å². The number of guanidine groups is 1. The molecular weight excluding hydrogens is 389 g/mol. The van der Waals surface area contributed by atoms with E-state index in [9.17, 15) is 0 Å². The number of aliphatic imine (C=N–C) groups is 1. The standard InChI is InChI=1S/C17H27N3O.HI/c1-2-11-21-16-10-6-7-14(12-16)13-19-17(18)20-15-8-4-3-5-9-15;/h6-7,10,12,15H,2-5,8-9,11,13H2,1H3,(H3,18,19,20);1H. The molecule has 0 aromatic heterocycles. The monoisotopic (exact) mass is 417 g/mol. The number of ether oxygens (including phenoxy) is 1. The molecule has 1 aliphatic carbocycles. The minimum atomic E-state index is 0. The Morgan fingerprint density at radius 2 is 2.09 bits per heavy atom. The minimum Gasteiger partial charge on any atom is -0.494 e. The van der Waals surface area contributed by atoms with Crippen LogP contribution in [-0.4, -0.2) is 18.6 Å². The minimum absolute atomic E-state index is 0. The first kappa shape index (κ1) is 19.1. The molecular formula is C17H28IN3O. The van der Waals surface area contributed by atoms with E-state index in [1.807, 2.05) is 18.2 Å². The molecule has 1 fully saturated rings. The van der Waals surface area contributed by atoms with Crippen molar-refractivity contribution in [1.82, 2.24) is 5.32 Å². The molecule has 1 aromatic carbocycles. The molecule has 0 spiro atoms. The van der Waals surface area contributed by atoms with Crippen molar-refractivity contribution in [3.63, 3.8) is 0 Å². The van der Waals surface area contributed by atoms with Crippen LogP contribution in [0.4, 0.5) is 0 Å². The van der Waals surface area contributed by atoms with Gasteiger partial charge in [0.15, 0.2) is 5.96 Å². The molecule has 4 nitrogen and oxygen atoms in total. The van der Waals surface area contributed by atoms with Crippen LogP contribution in [0, 0.1) is 0 Å². The summed E-state index contributed by atoms with van der Waals surface area (Å²) in [6.07, 6.45) is 7.36. The second kappa shape index (κ2) is 10.7. The van der Waals surface area contributed by atoms with Gasteiger partial charge in [0.25, 0.3) is 0 Å². The summed E-state index contributed by atoms with van der Waals surface area (Å²) >= 11 is 0. The van der Waals surface area contributed by atoms with E-state index in [4.69, 9.17) is 10.5 Å². The van der Waals surface area contributed by atoms with Crippen LogP contribution in [0.2, 0.25) is 0 Å². The third-order valence-electron chi connectivity index (χ3n) is 3.76. The van der Waals surface area contributed by atoms with Crippen molar-refractivity contribution in [3.05, 3.63) is 29.8 Å². The van der Waals surface area contributed by atoms with E-state index in [-0.39, 0.29) is 24.0 Å². The second-order valence-electron chi connectivity index (χ2n) is 5.68. The van der Waals surface area contributed by atoms with Gasteiger partial charge in [-0.2, -0.15) is 0 Å². The maximum Gasteiger partial charge on any atom is 0.189 e. The number of rotatable bonds is 6. The number of hydrogen-bond donors (Lipinski definition) is 2. The fourth-order valence-corrected chi connectivity index (χ4v) is 2.63. The molecule has 0 heterocycles. The Hall–Kier alpha value is -0.980. The van der Waals surface area contributed by atoms with Gasteiger partial charge >= 0.3 is 0 Å². The molecule has 0 radical (unpaired) electrons. The Balaban J connectivity index is 0.00000242. The summed E-state index contributed by atoms with van der Waals surface area (Å²) in [7, 11) is 0. The molecule has 1 aromatic rings. The summed E-state index contributed by atoms with van der Waals surface area (Å²) in [6.45, 7) is 3.44. The highest BCUT2D eigenvalue weighted by atomic mass is 127. The van der Waals surface area contributed by atoms with Gasteiger partial charge in [-0.25, -0.2) is 4.99 Å². The zero-order chi connectivity index (χ0) is 14.9. The van der Waals surface area contributed by atoms with Gasteiger partial charge in [-0.15, -0.1) is 24.0 Å². The number of nitrogens with zero attached hydrogens (tertiary/aromatic N) is 1. The Kier molecular flexibility index (Phi) is 9.27. The number of benzene rings is 1. The largest absolute Gasteiger partial charge is 0.494 e. The Morgan fingerprint density at radius 3 is 2.82 bits per heavy atom. The molecule has 2 rings (SSSR count). The van der Waals surface area contributed by atoms with Crippen molar-refractivity contribution in [2.45, 2.75) is 58.0 Å². The van der Waals surface area contributed by atoms with Crippen LogP contribution in [0.1, 0.15) is 51.0 Å². The Labute approximate surface area is 150 Å². The molecule has 3 N–H and O–H groups in total. The van der Waals surface area contributed by atoms with E-state index < -0.39 is 0 Å². The molecule has 5 heteroatoms. The maximum absolute atomic E-state index is 5.98. The zero-order valence-corrected chi connectivity index (χ0v) is 15.7. The predicted molar refractivity (Wildman–Crippen MR) is 103 cm³/mol. The normalized spacial score (nSPS) is 16.0. The molecule has 124 valence electrons. The van der Waals surface area contributed by atoms with Crippen LogP contribution in [0.3, 0.4) is 0 Å². The van der Waals surface area contributed by atoms with E-state index in [0.29, 0.717) is 18.5 Å². The predicted octanol–water partition coefficient (Wildman–Crippen LogP) is 3.83. The average Bonchev–Trinajstić information content (AvgIpc) is 2.52. The van der Waals surface area contributed by atoms with Crippen molar-refractivity contribution in [1.29, 1.82) is 0 Å². The van der Waals surface area contributed by atoms with Gasteiger partial charge in [0, 0.05) is 6.04 Å². The lowest BCUT2D eigenvalue weighted by Gasteiger charge is -2.23. The second-order valence-corrected chi connectivity index (χ2v) is 5.68.